The van der Waals surface area contributed by atoms with Crippen molar-refractivity contribution >= 4 is 44.4 Å². The number of aromatic hydroxyl groups is 1. The second-order valence-corrected chi connectivity index (χ2v) is 8.62. The van der Waals surface area contributed by atoms with Gasteiger partial charge in [0, 0.05) is 45.5 Å². The van der Waals surface area contributed by atoms with E-state index >= 15 is 0 Å². The Labute approximate surface area is 195 Å². The van der Waals surface area contributed by atoms with Crippen LogP contribution in [0.4, 0.5) is 0 Å². The lowest BCUT2D eigenvalue weighted by atomic mass is 10.0. The number of pyridine rings is 1. The van der Waals surface area contributed by atoms with E-state index in [1.54, 1.807) is 30.5 Å². The van der Waals surface area contributed by atoms with Crippen molar-refractivity contribution in [1.29, 1.82) is 0 Å². The highest BCUT2D eigenvalue weighted by molar-refractivity contribution is 6.23. The Bertz CT molecular complexity index is 1550. The molecule has 0 aliphatic carbocycles. The predicted molar refractivity (Wildman–Crippen MR) is 132 cm³/mol. The SMILES string of the molecule is CN(C)CCCNC(=O)c1cc2c([nH]c3ccc(O)cc32)c(C(=O)c2c[nH]c3ccccc23)n1. The van der Waals surface area contributed by atoms with Gasteiger partial charge >= 0.3 is 0 Å². The molecule has 0 saturated heterocycles. The van der Waals surface area contributed by atoms with Crippen molar-refractivity contribution in [3.05, 3.63) is 71.7 Å². The lowest BCUT2D eigenvalue weighted by molar-refractivity contribution is 0.0947. The van der Waals surface area contributed by atoms with E-state index in [0.29, 0.717) is 28.4 Å². The van der Waals surface area contributed by atoms with E-state index in [1.807, 2.05) is 43.3 Å². The quantitative estimate of drug-likeness (QED) is 0.220. The summed E-state index contributed by atoms with van der Waals surface area (Å²) in [5.74, 6) is -0.534. The van der Waals surface area contributed by atoms with E-state index < -0.39 is 0 Å². The number of para-hydroxylation sites is 1. The number of fused-ring (bicyclic) bond motifs is 4. The molecule has 3 aromatic heterocycles. The summed E-state index contributed by atoms with van der Waals surface area (Å²) in [5.41, 5.74) is 2.92. The highest BCUT2D eigenvalue weighted by Gasteiger charge is 2.23. The van der Waals surface area contributed by atoms with Gasteiger partial charge in [0.2, 0.25) is 5.78 Å². The molecule has 8 heteroatoms. The number of phenolic OH excluding ortho intramolecular Hbond substituents is 1. The molecule has 0 bridgehead atoms. The molecule has 0 radical (unpaired) electrons. The number of rotatable bonds is 7. The van der Waals surface area contributed by atoms with E-state index in [2.05, 4.69) is 20.3 Å². The number of carbonyl (C=O) groups is 2. The maximum Gasteiger partial charge on any atom is 0.269 e. The number of benzene rings is 2. The van der Waals surface area contributed by atoms with Crippen molar-refractivity contribution in [3.63, 3.8) is 0 Å². The molecule has 4 N–H and O–H groups in total. The molecular formula is C26H25N5O3. The van der Waals surface area contributed by atoms with Gasteiger partial charge in [0.25, 0.3) is 5.91 Å². The number of aromatic amines is 2. The number of nitrogens with zero attached hydrogens (tertiary/aromatic N) is 2. The zero-order valence-electron chi connectivity index (χ0n) is 19.0. The number of aromatic nitrogens is 3. The van der Waals surface area contributed by atoms with Crippen LogP contribution in [0.25, 0.3) is 32.7 Å². The molecule has 0 spiro atoms. The van der Waals surface area contributed by atoms with Crippen molar-refractivity contribution in [3.8, 4) is 5.75 Å². The van der Waals surface area contributed by atoms with Gasteiger partial charge in [-0.3, -0.25) is 9.59 Å². The van der Waals surface area contributed by atoms with Gasteiger partial charge in [-0.2, -0.15) is 0 Å². The maximum absolute atomic E-state index is 13.7. The normalized spacial score (nSPS) is 11.6. The average Bonchev–Trinajstić information content (AvgIpc) is 3.42. The van der Waals surface area contributed by atoms with Crippen LogP contribution in [0.5, 0.6) is 5.75 Å². The highest BCUT2D eigenvalue weighted by Crippen LogP contribution is 2.32. The summed E-state index contributed by atoms with van der Waals surface area (Å²) in [4.78, 5) is 39.6. The van der Waals surface area contributed by atoms with Crippen LogP contribution in [0.15, 0.2) is 54.7 Å². The van der Waals surface area contributed by atoms with Gasteiger partial charge in [-0.15, -0.1) is 0 Å². The molecular weight excluding hydrogens is 430 g/mol. The van der Waals surface area contributed by atoms with Crippen LogP contribution in [0, 0.1) is 0 Å². The van der Waals surface area contributed by atoms with Crippen LogP contribution in [0.3, 0.4) is 0 Å². The minimum absolute atomic E-state index is 0.101. The number of H-pyrrole nitrogens is 2. The number of carbonyl (C=O) groups excluding carboxylic acids is 2. The van der Waals surface area contributed by atoms with Gasteiger partial charge in [-0.05, 0) is 57.4 Å². The first kappa shape index (κ1) is 21.7. The second-order valence-electron chi connectivity index (χ2n) is 8.62. The summed E-state index contributed by atoms with van der Waals surface area (Å²) in [7, 11) is 3.96. The maximum atomic E-state index is 13.7. The third kappa shape index (κ3) is 3.88. The molecule has 0 fully saturated rings. The van der Waals surface area contributed by atoms with Crippen molar-refractivity contribution in [2.75, 3.05) is 27.2 Å². The fraction of sp³-hybridized carbons (Fsp3) is 0.192. The molecule has 5 aromatic rings. The topological polar surface area (TPSA) is 114 Å². The monoisotopic (exact) mass is 455 g/mol. The van der Waals surface area contributed by atoms with E-state index in [4.69, 9.17) is 0 Å². The largest absolute Gasteiger partial charge is 0.508 e. The zero-order chi connectivity index (χ0) is 23.8. The first-order chi connectivity index (χ1) is 16.4. The van der Waals surface area contributed by atoms with Gasteiger partial charge in [-0.1, -0.05) is 18.2 Å². The molecule has 0 aliphatic heterocycles. The molecule has 2 aromatic carbocycles. The number of nitrogens with one attached hydrogen (secondary N) is 3. The summed E-state index contributed by atoms with van der Waals surface area (Å²) in [5, 5.41) is 15.1. The smallest absolute Gasteiger partial charge is 0.269 e. The first-order valence-corrected chi connectivity index (χ1v) is 11.1. The number of amides is 1. The number of hydrogen-bond donors (Lipinski definition) is 4. The lowest BCUT2D eigenvalue weighted by Gasteiger charge is -2.10. The molecule has 0 saturated carbocycles. The summed E-state index contributed by atoms with van der Waals surface area (Å²) in [6.07, 6.45) is 2.46. The van der Waals surface area contributed by atoms with Gasteiger partial charge in [0.05, 0.1) is 5.52 Å². The van der Waals surface area contributed by atoms with E-state index in [0.717, 1.165) is 29.4 Å². The Morgan fingerprint density at radius 1 is 1.03 bits per heavy atom. The third-order valence-corrected chi connectivity index (χ3v) is 5.92. The lowest BCUT2D eigenvalue weighted by Crippen LogP contribution is -2.28. The molecule has 8 nitrogen and oxygen atoms in total. The van der Waals surface area contributed by atoms with Crippen molar-refractivity contribution in [2.24, 2.45) is 0 Å². The van der Waals surface area contributed by atoms with Crippen LogP contribution >= 0.6 is 0 Å². The van der Waals surface area contributed by atoms with Crippen molar-refractivity contribution in [2.45, 2.75) is 6.42 Å². The first-order valence-electron chi connectivity index (χ1n) is 11.1. The van der Waals surface area contributed by atoms with E-state index in [1.165, 1.54) is 0 Å². The standard InChI is InChI=1S/C26H25N5O3/c1-31(2)11-5-10-27-26(34)22-13-18-17-12-15(32)8-9-21(17)29-23(18)24(30-22)25(33)19-14-28-20-7-4-3-6-16(19)20/h3-4,6-9,12-14,28-29,32H,5,10-11H2,1-2H3,(H,27,34). The van der Waals surface area contributed by atoms with Crippen LogP contribution in [-0.4, -0.2) is 63.8 Å². The summed E-state index contributed by atoms with van der Waals surface area (Å²) < 4.78 is 0. The Morgan fingerprint density at radius 3 is 2.68 bits per heavy atom. The molecule has 34 heavy (non-hydrogen) atoms. The minimum atomic E-state index is -0.344. The molecule has 0 atom stereocenters. The minimum Gasteiger partial charge on any atom is -0.508 e. The second kappa shape index (κ2) is 8.64. The van der Waals surface area contributed by atoms with Gasteiger partial charge in [0.1, 0.15) is 17.1 Å². The van der Waals surface area contributed by atoms with Crippen molar-refractivity contribution < 1.29 is 14.7 Å². The summed E-state index contributed by atoms with van der Waals surface area (Å²) in [6.45, 7) is 1.34. The predicted octanol–water partition coefficient (Wildman–Crippen LogP) is 3.82. The van der Waals surface area contributed by atoms with Gasteiger partial charge in [0.15, 0.2) is 0 Å². The Balaban J connectivity index is 1.62. The van der Waals surface area contributed by atoms with Crippen LogP contribution < -0.4 is 5.32 Å². The molecule has 5 rings (SSSR count). The number of ketones is 1. The van der Waals surface area contributed by atoms with Crippen molar-refractivity contribution in [1.82, 2.24) is 25.2 Å². The molecule has 172 valence electrons. The molecule has 1 amide bonds. The van der Waals surface area contributed by atoms with E-state index in [9.17, 15) is 14.7 Å². The molecule has 3 heterocycles. The Kier molecular flexibility index (Phi) is 5.51. The fourth-order valence-electron chi connectivity index (χ4n) is 4.24. The molecule has 0 unspecified atom stereocenters. The third-order valence-electron chi connectivity index (χ3n) is 5.92. The zero-order valence-corrected chi connectivity index (χ0v) is 19.0. The summed E-state index contributed by atoms with van der Waals surface area (Å²) >= 11 is 0. The van der Waals surface area contributed by atoms with Crippen LogP contribution in [0.2, 0.25) is 0 Å². The van der Waals surface area contributed by atoms with Gasteiger partial charge < -0.3 is 25.3 Å². The van der Waals surface area contributed by atoms with Gasteiger partial charge in [-0.25, -0.2) is 4.98 Å². The number of phenols is 1. The highest BCUT2D eigenvalue weighted by atomic mass is 16.3. The Morgan fingerprint density at radius 2 is 1.85 bits per heavy atom. The van der Waals surface area contributed by atoms with Crippen LogP contribution in [-0.2, 0) is 0 Å². The van der Waals surface area contributed by atoms with E-state index in [-0.39, 0.29) is 28.8 Å². The Hall–Kier alpha value is -4.17. The summed E-state index contributed by atoms with van der Waals surface area (Å²) in [6, 6.07) is 14.2. The molecule has 0 aliphatic rings. The number of hydrogen-bond acceptors (Lipinski definition) is 5. The average molecular weight is 456 g/mol. The fourth-order valence-corrected chi connectivity index (χ4v) is 4.24. The van der Waals surface area contributed by atoms with Crippen LogP contribution in [0.1, 0.15) is 33.0 Å².